The highest BCUT2D eigenvalue weighted by molar-refractivity contribution is 7.80. The molecule has 0 spiro atoms. The SMILES string of the molecule is CC(=O)Nc1ccc(/C=C(/C#N)C(N)=S)cc1. The van der Waals surface area contributed by atoms with Crippen LogP contribution >= 0.6 is 12.2 Å². The predicted octanol–water partition coefficient (Wildman–Crippen LogP) is 1.84. The lowest BCUT2D eigenvalue weighted by Crippen LogP contribution is -2.09. The van der Waals surface area contributed by atoms with Gasteiger partial charge in [0.05, 0.1) is 5.57 Å². The molecule has 0 fully saturated rings. The van der Waals surface area contributed by atoms with Crippen molar-refractivity contribution in [3.05, 3.63) is 35.4 Å². The topological polar surface area (TPSA) is 78.9 Å². The van der Waals surface area contributed by atoms with Crippen molar-refractivity contribution in [2.45, 2.75) is 6.92 Å². The van der Waals surface area contributed by atoms with Gasteiger partial charge in [-0.3, -0.25) is 4.79 Å². The number of nitrogens with two attached hydrogens (primary N) is 1. The number of hydrogen-bond acceptors (Lipinski definition) is 3. The fourth-order valence-electron chi connectivity index (χ4n) is 1.19. The van der Waals surface area contributed by atoms with Crippen molar-refractivity contribution in [1.29, 1.82) is 5.26 Å². The van der Waals surface area contributed by atoms with E-state index in [9.17, 15) is 4.79 Å². The number of nitrogens with zero attached hydrogens (tertiary/aromatic N) is 1. The molecule has 5 heteroatoms. The summed E-state index contributed by atoms with van der Waals surface area (Å²) in [5.41, 5.74) is 7.12. The summed E-state index contributed by atoms with van der Waals surface area (Å²) in [6.45, 7) is 1.44. The molecule has 0 heterocycles. The average Bonchev–Trinajstić information content (AvgIpc) is 2.26. The second-order valence-corrected chi connectivity index (χ2v) is 3.78. The van der Waals surface area contributed by atoms with Crippen LogP contribution in [-0.2, 0) is 4.79 Å². The van der Waals surface area contributed by atoms with Gasteiger partial charge >= 0.3 is 0 Å². The Balaban J connectivity index is 2.92. The fourth-order valence-corrected chi connectivity index (χ4v) is 1.30. The Bertz CT molecular complexity index is 512. The van der Waals surface area contributed by atoms with Gasteiger partial charge in [0.15, 0.2) is 0 Å². The molecule has 0 bridgehead atoms. The van der Waals surface area contributed by atoms with E-state index in [4.69, 9.17) is 23.2 Å². The van der Waals surface area contributed by atoms with E-state index in [1.807, 2.05) is 6.07 Å². The number of nitrogens with one attached hydrogen (secondary N) is 1. The lowest BCUT2D eigenvalue weighted by atomic mass is 10.1. The van der Waals surface area contributed by atoms with Crippen molar-refractivity contribution < 1.29 is 4.79 Å². The molecule has 86 valence electrons. The molecule has 17 heavy (non-hydrogen) atoms. The second kappa shape index (κ2) is 5.77. The number of amides is 1. The Morgan fingerprint density at radius 1 is 1.47 bits per heavy atom. The quantitative estimate of drug-likeness (QED) is 0.484. The molecule has 1 rings (SSSR count). The maximum Gasteiger partial charge on any atom is 0.221 e. The molecular weight excluding hydrogens is 234 g/mol. The third-order valence-corrected chi connectivity index (χ3v) is 2.15. The Hall–Kier alpha value is -2.19. The van der Waals surface area contributed by atoms with Crippen LogP contribution in [0.4, 0.5) is 5.69 Å². The number of benzene rings is 1. The van der Waals surface area contributed by atoms with Gasteiger partial charge in [0.25, 0.3) is 0 Å². The first kappa shape index (κ1) is 12.9. The van der Waals surface area contributed by atoms with Crippen LogP contribution in [0.3, 0.4) is 0 Å². The molecule has 1 amide bonds. The number of hydrogen-bond donors (Lipinski definition) is 2. The first-order chi connectivity index (χ1) is 8.02. The summed E-state index contributed by atoms with van der Waals surface area (Å²) in [5.74, 6) is -0.130. The van der Waals surface area contributed by atoms with Crippen LogP contribution in [0, 0.1) is 11.3 Å². The zero-order valence-electron chi connectivity index (χ0n) is 9.23. The highest BCUT2D eigenvalue weighted by Crippen LogP contribution is 2.12. The Morgan fingerprint density at radius 2 is 2.06 bits per heavy atom. The molecule has 0 saturated carbocycles. The van der Waals surface area contributed by atoms with Crippen molar-refractivity contribution in [1.82, 2.24) is 0 Å². The van der Waals surface area contributed by atoms with Crippen LogP contribution in [0.1, 0.15) is 12.5 Å². The maximum atomic E-state index is 10.8. The van der Waals surface area contributed by atoms with Crippen LogP contribution < -0.4 is 11.1 Å². The summed E-state index contributed by atoms with van der Waals surface area (Å²) in [5, 5.41) is 11.4. The summed E-state index contributed by atoms with van der Waals surface area (Å²) in [7, 11) is 0. The van der Waals surface area contributed by atoms with Crippen molar-refractivity contribution in [2.75, 3.05) is 5.32 Å². The monoisotopic (exact) mass is 245 g/mol. The van der Waals surface area contributed by atoms with Gasteiger partial charge in [-0.05, 0) is 23.8 Å². The van der Waals surface area contributed by atoms with Gasteiger partial charge in [-0.1, -0.05) is 24.4 Å². The minimum atomic E-state index is -0.130. The molecule has 0 aliphatic carbocycles. The number of anilines is 1. The van der Waals surface area contributed by atoms with E-state index in [1.165, 1.54) is 6.92 Å². The lowest BCUT2D eigenvalue weighted by Gasteiger charge is -2.02. The van der Waals surface area contributed by atoms with Crippen molar-refractivity contribution in [3.8, 4) is 6.07 Å². The summed E-state index contributed by atoms with van der Waals surface area (Å²) in [6.07, 6.45) is 1.60. The van der Waals surface area contributed by atoms with E-state index in [1.54, 1.807) is 30.3 Å². The summed E-state index contributed by atoms with van der Waals surface area (Å²) in [6, 6.07) is 8.93. The number of rotatable bonds is 3. The molecule has 4 nitrogen and oxygen atoms in total. The molecule has 0 aliphatic heterocycles. The zero-order valence-corrected chi connectivity index (χ0v) is 10.0. The highest BCUT2D eigenvalue weighted by Gasteiger charge is 2.00. The van der Waals surface area contributed by atoms with E-state index < -0.39 is 0 Å². The predicted molar refractivity (Wildman–Crippen MR) is 71.1 cm³/mol. The fraction of sp³-hybridized carbons (Fsp3) is 0.0833. The molecule has 0 aliphatic rings. The molecule has 0 aromatic heterocycles. The standard InChI is InChI=1S/C12H11N3OS/c1-8(16)15-11-4-2-9(3-5-11)6-10(7-13)12(14)17/h2-6H,1H3,(H2,14,17)(H,15,16)/b10-6-. The number of carbonyl (C=O) groups is 1. The molecular formula is C12H11N3OS. The van der Waals surface area contributed by atoms with Crippen molar-refractivity contribution in [3.63, 3.8) is 0 Å². The molecule has 0 atom stereocenters. The third kappa shape index (κ3) is 4.05. The smallest absolute Gasteiger partial charge is 0.221 e. The van der Waals surface area contributed by atoms with Gasteiger partial charge in [-0.2, -0.15) is 5.26 Å². The minimum Gasteiger partial charge on any atom is -0.389 e. The van der Waals surface area contributed by atoms with Crippen molar-refractivity contribution >= 4 is 34.9 Å². The van der Waals surface area contributed by atoms with Crippen LogP contribution in [0.2, 0.25) is 0 Å². The van der Waals surface area contributed by atoms with Crippen molar-refractivity contribution in [2.24, 2.45) is 5.73 Å². The van der Waals surface area contributed by atoms with Crippen LogP contribution in [0.15, 0.2) is 29.8 Å². The van der Waals surface area contributed by atoms with E-state index in [2.05, 4.69) is 5.32 Å². The lowest BCUT2D eigenvalue weighted by molar-refractivity contribution is -0.114. The molecule has 1 aromatic rings. The van der Waals surface area contributed by atoms with Gasteiger partial charge in [-0.15, -0.1) is 0 Å². The van der Waals surface area contributed by atoms with Gasteiger partial charge in [0.2, 0.25) is 5.91 Å². The summed E-state index contributed by atoms with van der Waals surface area (Å²) in [4.78, 5) is 10.9. The van der Waals surface area contributed by atoms with Crippen LogP contribution in [-0.4, -0.2) is 10.9 Å². The van der Waals surface area contributed by atoms with Gasteiger partial charge in [-0.25, -0.2) is 0 Å². The number of thiocarbonyl (C=S) groups is 1. The summed E-state index contributed by atoms with van der Waals surface area (Å²) < 4.78 is 0. The third-order valence-electron chi connectivity index (χ3n) is 1.93. The molecule has 3 N–H and O–H groups in total. The highest BCUT2D eigenvalue weighted by atomic mass is 32.1. The van der Waals surface area contributed by atoms with Crippen LogP contribution in [0.25, 0.3) is 6.08 Å². The van der Waals surface area contributed by atoms with Gasteiger partial charge < -0.3 is 11.1 Å². The average molecular weight is 245 g/mol. The molecule has 0 unspecified atom stereocenters. The Labute approximate surface area is 105 Å². The minimum absolute atomic E-state index is 0.0680. The van der Waals surface area contributed by atoms with E-state index >= 15 is 0 Å². The first-order valence-electron chi connectivity index (χ1n) is 4.82. The van der Waals surface area contributed by atoms with Gasteiger partial charge in [0.1, 0.15) is 11.1 Å². The normalized spacial score (nSPS) is 10.5. The van der Waals surface area contributed by atoms with Gasteiger partial charge in [0, 0.05) is 12.6 Å². The van der Waals surface area contributed by atoms with Crippen LogP contribution in [0.5, 0.6) is 0 Å². The van der Waals surface area contributed by atoms with E-state index in [0.717, 1.165) is 5.56 Å². The zero-order chi connectivity index (χ0) is 12.8. The van der Waals surface area contributed by atoms with E-state index in [-0.39, 0.29) is 16.5 Å². The maximum absolute atomic E-state index is 10.8. The first-order valence-corrected chi connectivity index (χ1v) is 5.23. The molecule has 0 radical (unpaired) electrons. The number of nitriles is 1. The Kier molecular flexibility index (Phi) is 4.37. The molecule has 0 saturated heterocycles. The second-order valence-electron chi connectivity index (χ2n) is 3.34. The Morgan fingerprint density at radius 3 is 2.47 bits per heavy atom. The summed E-state index contributed by atoms with van der Waals surface area (Å²) >= 11 is 4.73. The number of carbonyl (C=O) groups excluding carboxylic acids is 1. The molecule has 1 aromatic carbocycles. The largest absolute Gasteiger partial charge is 0.389 e. The van der Waals surface area contributed by atoms with E-state index in [0.29, 0.717) is 5.69 Å².